The number of carboxylic acid groups (broad SMARTS) is 1. The Bertz CT molecular complexity index is 537. The largest absolute Gasteiger partial charge is 0.481 e. The van der Waals surface area contributed by atoms with Crippen molar-refractivity contribution in [2.45, 2.75) is 12.5 Å². The molecule has 21 heavy (non-hydrogen) atoms. The van der Waals surface area contributed by atoms with Gasteiger partial charge >= 0.3 is 12.0 Å². The number of urea groups is 1. The number of aliphatic carboxylic acids is 1. The molecule has 1 aliphatic rings. The van der Waals surface area contributed by atoms with Crippen LogP contribution in [0.2, 0.25) is 0 Å². The van der Waals surface area contributed by atoms with E-state index in [1.165, 1.54) is 28.0 Å². The summed E-state index contributed by atoms with van der Waals surface area (Å²) in [6, 6.07) is 5.43. The van der Waals surface area contributed by atoms with E-state index in [9.17, 15) is 14.0 Å². The summed E-state index contributed by atoms with van der Waals surface area (Å²) in [4.78, 5) is 25.9. The highest BCUT2D eigenvalue weighted by Crippen LogP contribution is 2.17. The van der Waals surface area contributed by atoms with Crippen molar-refractivity contribution in [2.24, 2.45) is 0 Å². The zero-order chi connectivity index (χ0) is 15.4. The maximum absolute atomic E-state index is 13.2. The van der Waals surface area contributed by atoms with Gasteiger partial charge in [0.25, 0.3) is 0 Å². The third kappa shape index (κ3) is 3.91. The molecule has 1 saturated heterocycles. The highest BCUT2D eigenvalue weighted by molar-refractivity contribution is 5.91. The lowest BCUT2D eigenvalue weighted by atomic mass is 10.2. The Kier molecular flexibility index (Phi) is 4.74. The summed E-state index contributed by atoms with van der Waals surface area (Å²) in [6.45, 7) is 0.889. The van der Waals surface area contributed by atoms with Gasteiger partial charge < -0.3 is 14.7 Å². The van der Waals surface area contributed by atoms with E-state index in [1.807, 2.05) is 0 Å². The SMILES string of the molecule is CN(C(=O)N1CCOC(CC(=O)O)C1)c1cccc(F)c1. The van der Waals surface area contributed by atoms with Crippen molar-refractivity contribution in [2.75, 3.05) is 31.6 Å². The van der Waals surface area contributed by atoms with Gasteiger partial charge in [-0.25, -0.2) is 9.18 Å². The maximum Gasteiger partial charge on any atom is 0.324 e. The lowest BCUT2D eigenvalue weighted by Crippen LogP contribution is -2.50. The van der Waals surface area contributed by atoms with E-state index in [4.69, 9.17) is 9.84 Å². The lowest BCUT2D eigenvalue weighted by molar-refractivity contribution is -0.141. The minimum absolute atomic E-state index is 0.145. The van der Waals surface area contributed by atoms with Crippen LogP contribution in [0, 0.1) is 5.82 Å². The van der Waals surface area contributed by atoms with E-state index in [1.54, 1.807) is 13.1 Å². The fourth-order valence-corrected chi connectivity index (χ4v) is 2.22. The average molecular weight is 296 g/mol. The highest BCUT2D eigenvalue weighted by atomic mass is 19.1. The summed E-state index contributed by atoms with van der Waals surface area (Å²) in [5.41, 5.74) is 0.446. The molecule has 2 rings (SSSR count). The summed E-state index contributed by atoms with van der Waals surface area (Å²) in [5.74, 6) is -1.38. The summed E-state index contributed by atoms with van der Waals surface area (Å²) in [7, 11) is 1.55. The summed E-state index contributed by atoms with van der Waals surface area (Å²) in [5, 5.41) is 8.77. The number of amides is 2. The first-order valence-electron chi connectivity index (χ1n) is 6.59. The highest BCUT2D eigenvalue weighted by Gasteiger charge is 2.28. The summed E-state index contributed by atoms with van der Waals surface area (Å²) in [6.07, 6.45) is -0.658. The van der Waals surface area contributed by atoms with Gasteiger partial charge in [-0.15, -0.1) is 0 Å². The van der Waals surface area contributed by atoms with E-state index in [2.05, 4.69) is 0 Å². The first-order chi connectivity index (χ1) is 9.97. The number of carbonyl (C=O) groups is 2. The first-order valence-corrected chi connectivity index (χ1v) is 6.59. The van der Waals surface area contributed by atoms with Gasteiger partial charge in [0.05, 0.1) is 19.1 Å². The summed E-state index contributed by atoms with van der Waals surface area (Å²) >= 11 is 0. The second kappa shape index (κ2) is 6.53. The number of rotatable bonds is 3. The second-order valence-corrected chi connectivity index (χ2v) is 4.86. The summed E-state index contributed by atoms with van der Waals surface area (Å²) < 4.78 is 18.5. The number of benzene rings is 1. The molecular formula is C14H17FN2O4. The van der Waals surface area contributed by atoms with Crippen molar-refractivity contribution < 1.29 is 23.8 Å². The third-order valence-electron chi connectivity index (χ3n) is 3.29. The molecule has 0 aliphatic carbocycles. The molecule has 1 aromatic rings. The van der Waals surface area contributed by atoms with Crippen LogP contribution < -0.4 is 4.90 Å². The average Bonchev–Trinajstić information content (AvgIpc) is 2.45. The fourth-order valence-electron chi connectivity index (χ4n) is 2.22. The second-order valence-electron chi connectivity index (χ2n) is 4.86. The number of nitrogens with zero attached hydrogens (tertiary/aromatic N) is 2. The molecule has 0 bridgehead atoms. The van der Waals surface area contributed by atoms with Crippen LogP contribution >= 0.6 is 0 Å². The van der Waals surface area contributed by atoms with E-state index < -0.39 is 17.9 Å². The Morgan fingerprint density at radius 3 is 2.95 bits per heavy atom. The van der Waals surface area contributed by atoms with Crippen LogP contribution in [0.4, 0.5) is 14.9 Å². The minimum atomic E-state index is -0.965. The quantitative estimate of drug-likeness (QED) is 0.919. The monoisotopic (exact) mass is 296 g/mol. The topological polar surface area (TPSA) is 70.1 Å². The van der Waals surface area contributed by atoms with Gasteiger partial charge in [-0.05, 0) is 18.2 Å². The van der Waals surface area contributed by atoms with Gasteiger partial charge in [0.2, 0.25) is 0 Å². The Hall–Kier alpha value is -2.15. The van der Waals surface area contributed by atoms with Crippen molar-refractivity contribution >= 4 is 17.7 Å². The van der Waals surface area contributed by atoms with Gasteiger partial charge in [0.15, 0.2) is 0 Å². The van der Waals surface area contributed by atoms with Gasteiger partial charge in [0.1, 0.15) is 5.82 Å². The first kappa shape index (κ1) is 15.2. The molecule has 6 nitrogen and oxygen atoms in total. The molecule has 1 heterocycles. The number of hydrogen-bond acceptors (Lipinski definition) is 3. The molecule has 0 spiro atoms. The van der Waals surface area contributed by atoms with Crippen molar-refractivity contribution in [1.29, 1.82) is 0 Å². The molecular weight excluding hydrogens is 279 g/mol. The molecule has 1 fully saturated rings. The molecule has 0 saturated carbocycles. The van der Waals surface area contributed by atoms with Crippen LogP contribution in [-0.4, -0.2) is 54.9 Å². The Morgan fingerprint density at radius 1 is 1.52 bits per heavy atom. The molecule has 1 aliphatic heterocycles. The van der Waals surface area contributed by atoms with Crippen LogP contribution in [0.1, 0.15) is 6.42 Å². The number of carboxylic acids is 1. The molecule has 114 valence electrons. The van der Waals surface area contributed by atoms with Crippen molar-refractivity contribution in [3.63, 3.8) is 0 Å². The predicted octanol–water partition coefficient (Wildman–Crippen LogP) is 1.56. The lowest BCUT2D eigenvalue weighted by Gasteiger charge is -2.34. The van der Waals surface area contributed by atoms with Crippen LogP contribution in [0.5, 0.6) is 0 Å². The standard InChI is InChI=1S/C14H17FN2O4/c1-16(11-4-2-3-10(15)7-11)14(20)17-5-6-21-12(9-17)8-13(18)19/h2-4,7,12H,5-6,8-9H2,1H3,(H,18,19). The molecule has 1 N–H and O–H groups in total. The number of halogens is 1. The molecule has 1 aromatic carbocycles. The van der Waals surface area contributed by atoms with Crippen LogP contribution in [0.15, 0.2) is 24.3 Å². The normalized spacial score (nSPS) is 18.4. The number of anilines is 1. The molecule has 1 unspecified atom stereocenters. The molecule has 0 radical (unpaired) electrons. The van der Waals surface area contributed by atoms with Crippen molar-refractivity contribution in [1.82, 2.24) is 4.90 Å². The molecule has 0 aromatic heterocycles. The van der Waals surface area contributed by atoms with E-state index >= 15 is 0 Å². The zero-order valence-corrected chi connectivity index (χ0v) is 11.7. The zero-order valence-electron chi connectivity index (χ0n) is 11.7. The number of hydrogen-bond donors (Lipinski definition) is 1. The molecule has 7 heteroatoms. The Morgan fingerprint density at radius 2 is 2.29 bits per heavy atom. The van der Waals surface area contributed by atoms with Gasteiger partial charge in [-0.2, -0.15) is 0 Å². The van der Waals surface area contributed by atoms with E-state index in [0.29, 0.717) is 18.8 Å². The van der Waals surface area contributed by atoms with Gasteiger partial charge in [-0.1, -0.05) is 6.07 Å². The number of morpholine rings is 1. The smallest absolute Gasteiger partial charge is 0.324 e. The van der Waals surface area contributed by atoms with Crippen molar-refractivity contribution in [3.8, 4) is 0 Å². The van der Waals surface area contributed by atoms with Crippen LogP contribution in [-0.2, 0) is 9.53 Å². The third-order valence-corrected chi connectivity index (χ3v) is 3.29. The Labute approximate surface area is 121 Å². The van der Waals surface area contributed by atoms with Gasteiger partial charge in [-0.3, -0.25) is 9.69 Å². The number of ether oxygens (including phenoxy) is 1. The van der Waals surface area contributed by atoms with Crippen molar-refractivity contribution in [3.05, 3.63) is 30.1 Å². The fraction of sp³-hybridized carbons (Fsp3) is 0.429. The molecule has 2 amide bonds. The van der Waals surface area contributed by atoms with Gasteiger partial charge in [0, 0.05) is 25.8 Å². The molecule has 1 atom stereocenters. The maximum atomic E-state index is 13.2. The van der Waals surface area contributed by atoms with Crippen LogP contribution in [0.25, 0.3) is 0 Å². The van der Waals surface area contributed by atoms with Crippen LogP contribution in [0.3, 0.4) is 0 Å². The van der Waals surface area contributed by atoms with E-state index in [0.717, 1.165) is 0 Å². The van der Waals surface area contributed by atoms with E-state index in [-0.39, 0.29) is 19.0 Å². The minimum Gasteiger partial charge on any atom is -0.481 e. The number of carbonyl (C=O) groups excluding carboxylic acids is 1. The Balaban J connectivity index is 2.03. The predicted molar refractivity (Wildman–Crippen MR) is 73.8 cm³/mol.